The van der Waals surface area contributed by atoms with E-state index in [1.54, 1.807) is 0 Å². The second-order valence-corrected chi connectivity index (χ2v) is 14.4. The topological polar surface area (TPSA) is 38.7 Å². The lowest BCUT2D eigenvalue weighted by Gasteiger charge is -2.31. The van der Waals surface area contributed by atoms with E-state index in [9.17, 15) is 0 Å². The normalized spacial score (nSPS) is 12.9. The molecule has 1 aliphatic rings. The van der Waals surface area contributed by atoms with Crippen LogP contribution in [0.3, 0.4) is 0 Å². The third-order valence-corrected chi connectivity index (χ3v) is 10.9. The molecule has 0 saturated carbocycles. The predicted octanol–water partition coefficient (Wildman–Crippen LogP) is 12.8. The molecule has 1 heterocycles. The Hall–Kier alpha value is -6.71. The molecule has 1 aliphatic carbocycles. The van der Waals surface area contributed by atoms with Gasteiger partial charge in [0.1, 0.15) is 0 Å². The van der Waals surface area contributed by atoms with Gasteiger partial charge in [0.15, 0.2) is 17.5 Å². The Morgan fingerprint density at radius 1 is 0.321 bits per heavy atom. The molecule has 0 fully saturated rings. The van der Waals surface area contributed by atoms with Gasteiger partial charge in [-0.3, -0.25) is 0 Å². The van der Waals surface area contributed by atoms with E-state index in [1.807, 2.05) is 18.2 Å². The minimum atomic E-state index is -0.355. The zero-order valence-corrected chi connectivity index (χ0v) is 29.6. The number of fused-ring (bicyclic) bond motifs is 10. The Morgan fingerprint density at radius 3 is 1.49 bits per heavy atom. The van der Waals surface area contributed by atoms with Gasteiger partial charge in [-0.25, -0.2) is 15.0 Å². The highest BCUT2D eigenvalue weighted by Crippen LogP contribution is 2.49. The van der Waals surface area contributed by atoms with Crippen LogP contribution >= 0.6 is 0 Å². The maximum Gasteiger partial charge on any atom is 0.164 e. The minimum absolute atomic E-state index is 0.355. The fourth-order valence-electron chi connectivity index (χ4n) is 8.25. The Kier molecular flexibility index (Phi) is 7.16. The van der Waals surface area contributed by atoms with E-state index in [1.165, 1.54) is 60.7 Å². The maximum atomic E-state index is 5.22. The van der Waals surface area contributed by atoms with Gasteiger partial charge in [-0.2, -0.15) is 0 Å². The van der Waals surface area contributed by atoms with Crippen molar-refractivity contribution in [3.63, 3.8) is 0 Å². The number of nitrogens with zero attached hydrogens (tertiary/aromatic N) is 3. The summed E-state index contributed by atoms with van der Waals surface area (Å²) in [7, 11) is 0. The van der Waals surface area contributed by atoms with Crippen LogP contribution in [0, 0.1) is 0 Å². The summed E-state index contributed by atoms with van der Waals surface area (Å²) in [5.74, 6) is 1.95. The summed E-state index contributed by atoms with van der Waals surface area (Å²) in [4.78, 5) is 15.5. The quantitative estimate of drug-likeness (QED) is 0.175. The first-order chi connectivity index (χ1) is 26.0. The molecule has 53 heavy (non-hydrogen) atoms. The molecule has 9 aromatic rings. The highest BCUT2D eigenvalue weighted by atomic mass is 15.0. The summed E-state index contributed by atoms with van der Waals surface area (Å²) in [5, 5.41) is 4.84. The fraction of sp³-hybridized carbons (Fsp3) is 0.0600. The Labute approximate surface area is 309 Å². The molecule has 0 spiro atoms. The molecule has 0 aliphatic heterocycles. The number of rotatable bonds is 3. The fourth-order valence-corrected chi connectivity index (χ4v) is 8.25. The van der Waals surface area contributed by atoms with Gasteiger partial charge in [-0.1, -0.05) is 178 Å². The molecule has 10 rings (SSSR count). The molecular weight excluding hydrogens is 643 g/mol. The molecule has 0 unspecified atom stereocenters. The Morgan fingerprint density at radius 2 is 0.792 bits per heavy atom. The van der Waals surface area contributed by atoms with Crippen molar-refractivity contribution < 1.29 is 0 Å². The zero-order valence-electron chi connectivity index (χ0n) is 29.6. The first-order valence-electron chi connectivity index (χ1n) is 18.2. The van der Waals surface area contributed by atoms with Crippen molar-refractivity contribution >= 4 is 21.5 Å². The molecule has 3 nitrogen and oxygen atoms in total. The van der Waals surface area contributed by atoms with Gasteiger partial charge in [-0.05, 0) is 78.2 Å². The first-order valence-corrected chi connectivity index (χ1v) is 18.2. The third kappa shape index (κ3) is 5.16. The molecule has 1 aromatic heterocycles. The van der Waals surface area contributed by atoms with Crippen LogP contribution in [-0.2, 0) is 5.41 Å². The molecule has 0 amide bonds. The molecular formula is C50H35N3. The SMILES string of the molecule is CC1(C)c2ccccc2-c2ccccc2-c2ccccc2-c2ccc(-c3nc(-c4ccccc4)nc(-c4ccc5c(ccc6ccccc65)c4)n3)cc21. The van der Waals surface area contributed by atoms with E-state index in [2.05, 4.69) is 172 Å². The number of hydrogen-bond acceptors (Lipinski definition) is 3. The van der Waals surface area contributed by atoms with E-state index in [0.717, 1.165) is 22.1 Å². The zero-order chi connectivity index (χ0) is 35.5. The van der Waals surface area contributed by atoms with Crippen molar-refractivity contribution in [1.29, 1.82) is 0 Å². The van der Waals surface area contributed by atoms with Crippen LogP contribution in [0.4, 0.5) is 0 Å². The van der Waals surface area contributed by atoms with Gasteiger partial charge in [0, 0.05) is 22.1 Å². The minimum Gasteiger partial charge on any atom is -0.208 e. The summed E-state index contributed by atoms with van der Waals surface area (Å²) < 4.78 is 0. The lowest BCUT2D eigenvalue weighted by Crippen LogP contribution is -2.21. The second kappa shape index (κ2) is 12.2. The standard InChI is InChI=1S/C50H35N3/c1-50(2)45-23-13-12-22-43(45)41-20-10-8-18-39(41)40-19-9-11-21-42(40)44-29-27-36(31-46(44)50)49-52-47(33-15-4-3-5-16-33)51-48(53-49)35-26-28-38-34(30-35)25-24-32-14-6-7-17-37(32)38/h3-31H,1-2H3. The molecule has 3 heteroatoms. The van der Waals surface area contributed by atoms with Crippen LogP contribution in [0.5, 0.6) is 0 Å². The van der Waals surface area contributed by atoms with Gasteiger partial charge in [0.05, 0.1) is 0 Å². The van der Waals surface area contributed by atoms with Crippen LogP contribution in [0.25, 0.3) is 89.1 Å². The highest BCUT2D eigenvalue weighted by Gasteiger charge is 2.32. The summed E-state index contributed by atoms with van der Waals surface area (Å²) in [5.41, 5.74) is 12.4. The van der Waals surface area contributed by atoms with Crippen molar-refractivity contribution in [3.8, 4) is 67.5 Å². The van der Waals surface area contributed by atoms with Crippen LogP contribution < -0.4 is 0 Å². The van der Waals surface area contributed by atoms with Gasteiger partial charge in [0.25, 0.3) is 0 Å². The van der Waals surface area contributed by atoms with Gasteiger partial charge < -0.3 is 0 Å². The average molecular weight is 678 g/mol. The van der Waals surface area contributed by atoms with Crippen LogP contribution in [-0.4, -0.2) is 15.0 Å². The highest BCUT2D eigenvalue weighted by molar-refractivity contribution is 6.08. The average Bonchev–Trinajstić information content (AvgIpc) is 3.25. The number of hydrogen-bond donors (Lipinski definition) is 0. The van der Waals surface area contributed by atoms with Gasteiger partial charge >= 0.3 is 0 Å². The lowest BCUT2D eigenvalue weighted by atomic mass is 9.72. The van der Waals surface area contributed by atoms with Crippen molar-refractivity contribution in [1.82, 2.24) is 15.0 Å². The number of aromatic nitrogens is 3. The molecule has 0 saturated heterocycles. The Bertz CT molecular complexity index is 2870. The van der Waals surface area contributed by atoms with Crippen molar-refractivity contribution in [2.24, 2.45) is 0 Å². The summed E-state index contributed by atoms with van der Waals surface area (Å²) >= 11 is 0. The predicted molar refractivity (Wildman–Crippen MR) is 220 cm³/mol. The summed E-state index contributed by atoms with van der Waals surface area (Å²) in [6.07, 6.45) is 0. The second-order valence-electron chi connectivity index (χ2n) is 14.4. The van der Waals surface area contributed by atoms with Crippen molar-refractivity contribution in [3.05, 3.63) is 187 Å². The van der Waals surface area contributed by atoms with Gasteiger partial charge in [-0.15, -0.1) is 0 Å². The lowest BCUT2D eigenvalue weighted by molar-refractivity contribution is 0.645. The molecule has 0 radical (unpaired) electrons. The van der Waals surface area contributed by atoms with Crippen LogP contribution in [0.1, 0.15) is 25.0 Å². The largest absolute Gasteiger partial charge is 0.208 e. The van der Waals surface area contributed by atoms with E-state index in [-0.39, 0.29) is 5.41 Å². The molecule has 0 N–H and O–H groups in total. The Balaban J connectivity index is 1.20. The molecule has 0 atom stereocenters. The van der Waals surface area contributed by atoms with E-state index in [4.69, 9.17) is 15.0 Å². The van der Waals surface area contributed by atoms with Crippen molar-refractivity contribution in [2.45, 2.75) is 19.3 Å². The van der Waals surface area contributed by atoms with Crippen molar-refractivity contribution in [2.75, 3.05) is 0 Å². The third-order valence-electron chi connectivity index (χ3n) is 10.9. The first kappa shape index (κ1) is 31.1. The van der Waals surface area contributed by atoms with E-state index >= 15 is 0 Å². The van der Waals surface area contributed by atoms with E-state index in [0.29, 0.717) is 17.5 Å². The van der Waals surface area contributed by atoms with E-state index < -0.39 is 0 Å². The van der Waals surface area contributed by atoms with Gasteiger partial charge in [0.2, 0.25) is 0 Å². The molecule has 250 valence electrons. The monoisotopic (exact) mass is 677 g/mol. The number of benzene rings is 8. The summed E-state index contributed by atoms with van der Waals surface area (Å²) in [6, 6.07) is 62.9. The molecule has 0 bridgehead atoms. The smallest absolute Gasteiger partial charge is 0.164 e. The van der Waals surface area contributed by atoms with Crippen LogP contribution in [0.2, 0.25) is 0 Å². The van der Waals surface area contributed by atoms with Crippen LogP contribution in [0.15, 0.2) is 176 Å². The maximum absolute atomic E-state index is 5.22. The summed E-state index contributed by atoms with van der Waals surface area (Å²) in [6.45, 7) is 4.69. The molecule has 8 aromatic carbocycles.